The Morgan fingerprint density at radius 3 is 2.06 bits per heavy atom. The number of halogens is 2. The number of benzene rings is 3. The zero-order chi connectivity index (χ0) is 21.1. The van der Waals surface area contributed by atoms with Gasteiger partial charge in [-0.1, -0.05) is 23.2 Å². The molecule has 0 aliphatic carbocycles. The maximum absolute atomic E-state index is 6.44. The fourth-order valence-corrected chi connectivity index (χ4v) is 5.13. The van der Waals surface area contributed by atoms with Crippen LogP contribution in [0.2, 0.25) is 10.0 Å². The minimum atomic E-state index is 0.270. The number of ether oxygens (including phenoxy) is 1. The number of aromatic nitrogens is 2. The molecule has 6 rings (SSSR count). The lowest BCUT2D eigenvalue weighted by Gasteiger charge is -2.16. The van der Waals surface area contributed by atoms with Gasteiger partial charge in [-0.3, -0.25) is 4.90 Å². The van der Waals surface area contributed by atoms with Gasteiger partial charge in [0.1, 0.15) is 6.61 Å². The van der Waals surface area contributed by atoms with E-state index in [-0.39, 0.29) is 6.04 Å². The van der Waals surface area contributed by atoms with Crippen molar-refractivity contribution in [3.05, 3.63) is 52.5 Å². The Labute approximate surface area is 189 Å². The standard InChI is InChI=1S/C24H22Cl2N4O/c25-13-1-3-20-16(9-13)18-11-19-17-10-14(26)2-4-21(17)29-23(19)24(22(18)28-20)31-8-7-30-6-5-15(27)12-30/h1-4,9-11,15,28-29H,5-8,12,27H2/t15-/m0/s1. The minimum Gasteiger partial charge on any atom is -0.488 e. The highest BCUT2D eigenvalue weighted by molar-refractivity contribution is 6.33. The van der Waals surface area contributed by atoms with Gasteiger partial charge in [-0.25, -0.2) is 0 Å². The summed E-state index contributed by atoms with van der Waals surface area (Å²) in [6, 6.07) is 14.3. The molecule has 1 aliphatic rings. The molecule has 0 radical (unpaired) electrons. The first-order valence-corrected chi connectivity index (χ1v) is 11.3. The molecule has 0 bridgehead atoms. The minimum absolute atomic E-state index is 0.270. The van der Waals surface area contributed by atoms with E-state index in [2.05, 4.69) is 20.9 Å². The van der Waals surface area contributed by atoms with Crippen LogP contribution in [-0.2, 0) is 0 Å². The highest BCUT2D eigenvalue weighted by atomic mass is 35.5. The van der Waals surface area contributed by atoms with E-state index < -0.39 is 0 Å². The molecule has 0 saturated carbocycles. The molecule has 2 aromatic heterocycles. The van der Waals surface area contributed by atoms with Crippen molar-refractivity contribution in [1.82, 2.24) is 14.9 Å². The molecule has 1 fully saturated rings. The third kappa shape index (κ3) is 3.24. The number of fused-ring (bicyclic) bond motifs is 6. The number of nitrogens with one attached hydrogen (secondary N) is 2. The number of nitrogens with zero attached hydrogens (tertiary/aromatic N) is 1. The summed E-state index contributed by atoms with van der Waals surface area (Å²) >= 11 is 12.6. The average Bonchev–Trinajstić information content (AvgIpc) is 3.43. The Bertz CT molecular complexity index is 1360. The number of H-pyrrole nitrogens is 2. The summed E-state index contributed by atoms with van der Waals surface area (Å²) in [5.74, 6) is 0.829. The molecule has 4 N–H and O–H groups in total. The Balaban J connectivity index is 1.53. The molecular formula is C24H22Cl2N4O. The Kier molecular flexibility index (Phi) is 4.54. The summed E-state index contributed by atoms with van der Waals surface area (Å²) in [6.07, 6.45) is 1.05. The second kappa shape index (κ2) is 7.31. The van der Waals surface area contributed by atoms with Crippen molar-refractivity contribution in [1.29, 1.82) is 0 Å². The molecule has 3 aromatic carbocycles. The average molecular weight is 453 g/mol. The molecular weight excluding hydrogens is 431 g/mol. The molecule has 5 aromatic rings. The van der Waals surface area contributed by atoms with Crippen molar-refractivity contribution in [3.8, 4) is 5.75 Å². The molecule has 31 heavy (non-hydrogen) atoms. The van der Waals surface area contributed by atoms with Gasteiger partial charge in [0.2, 0.25) is 0 Å². The van der Waals surface area contributed by atoms with Crippen LogP contribution in [0.25, 0.3) is 43.6 Å². The zero-order valence-electron chi connectivity index (χ0n) is 16.8. The zero-order valence-corrected chi connectivity index (χ0v) is 18.4. The molecule has 7 heteroatoms. The predicted octanol–water partition coefficient (Wildman–Crippen LogP) is 5.67. The lowest BCUT2D eigenvalue weighted by molar-refractivity contribution is 0.239. The van der Waals surface area contributed by atoms with Crippen LogP contribution in [0.4, 0.5) is 0 Å². The van der Waals surface area contributed by atoms with Gasteiger partial charge in [0.25, 0.3) is 0 Å². The third-order valence-corrected chi connectivity index (χ3v) is 6.78. The topological polar surface area (TPSA) is 70.1 Å². The molecule has 3 heterocycles. The second-order valence-corrected chi connectivity index (χ2v) is 9.25. The molecule has 158 valence electrons. The summed E-state index contributed by atoms with van der Waals surface area (Å²) < 4.78 is 6.44. The predicted molar refractivity (Wildman–Crippen MR) is 130 cm³/mol. The third-order valence-electron chi connectivity index (χ3n) is 6.31. The molecule has 5 nitrogen and oxygen atoms in total. The van der Waals surface area contributed by atoms with Crippen LogP contribution in [0.1, 0.15) is 6.42 Å². The Morgan fingerprint density at radius 1 is 0.903 bits per heavy atom. The molecule has 1 aliphatic heterocycles. The van der Waals surface area contributed by atoms with E-state index in [1.165, 1.54) is 0 Å². The van der Waals surface area contributed by atoms with Crippen LogP contribution in [-0.4, -0.2) is 47.2 Å². The number of hydrogen-bond acceptors (Lipinski definition) is 3. The summed E-state index contributed by atoms with van der Waals surface area (Å²) in [4.78, 5) is 9.45. The Morgan fingerprint density at radius 2 is 1.52 bits per heavy atom. The first kappa shape index (κ1) is 19.3. The number of likely N-dealkylation sites (tertiary alicyclic amines) is 1. The van der Waals surface area contributed by atoms with E-state index in [0.717, 1.165) is 75.4 Å². The summed E-state index contributed by atoms with van der Waals surface area (Å²) in [5, 5.41) is 5.76. The second-order valence-electron chi connectivity index (χ2n) is 8.38. The molecule has 1 saturated heterocycles. The number of nitrogens with two attached hydrogens (primary N) is 1. The summed E-state index contributed by atoms with van der Waals surface area (Å²) in [7, 11) is 0. The van der Waals surface area contributed by atoms with Crippen molar-refractivity contribution in [3.63, 3.8) is 0 Å². The Hall–Kier alpha value is -2.44. The van der Waals surface area contributed by atoms with E-state index in [0.29, 0.717) is 16.7 Å². The normalized spacial score (nSPS) is 17.6. The number of rotatable bonds is 4. The van der Waals surface area contributed by atoms with E-state index in [4.69, 9.17) is 33.7 Å². The van der Waals surface area contributed by atoms with Crippen molar-refractivity contribution in [2.45, 2.75) is 12.5 Å². The maximum Gasteiger partial charge on any atom is 0.167 e. The highest BCUT2D eigenvalue weighted by Gasteiger charge is 2.21. The lowest BCUT2D eigenvalue weighted by Crippen LogP contribution is -2.29. The first-order chi connectivity index (χ1) is 15.1. The van der Waals surface area contributed by atoms with Gasteiger partial charge in [0.15, 0.2) is 5.75 Å². The van der Waals surface area contributed by atoms with Gasteiger partial charge in [-0.2, -0.15) is 0 Å². The van der Waals surface area contributed by atoms with E-state index in [9.17, 15) is 0 Å². The van der Waals surface area contributed by atoms with Crippen molar-refractivity contribution >= 4 is 66.8 Å². The quantitative estimate of drug-likeness (QED) is 0.328. The molecule has 0 unspecified atom stereocenters. The van der Waals surface area contributed by atoms with Crippen LogP contribution in [0.3, 0.4) is 0 Å². The lowest BCUT2D eigenvalue weighted by atomic mass is 10.1. The summed E-state index contributed by atoms with van der Waals surface area (Å²) in [5.41, 5.74) is 10.1. The van der Waals surface area contributed by atoms with Crippen LogP contribution >= 0.6 is 23.2 Å². The van der Waals surface area contributed by atoms with Gasteiger partial charge in [-0.15, -0.1) is 0 Å². The number of aromatic amines is 2. The number of hydrogen-bond donors (Lipinski definition) is 3. The van der Waals surface area contributed by atoms with Crippen molar-refractivity contribution in [2.75, 3.05) is 26.2 Å². The largest absolute Gasteiger partial charge is 0.488 e. The van der Waals surface area contributed by atoms with Gasteiger partial charge in [0.05, 0.1) is 11.0 Å². The van der Waals surface area contributed by atoms with Crippen LogP contribution in [0, 0.1) is 0 Å². The fraction of sp³-hybridized carbons (Fsp3) is 0.250. The van der Waals surface area contributed by atoms with Gasteiger partial charge >= 0.3 is 0 Å². The smallest absolute Gasteiger partial charge is 0.167 e. The van der Waals surface area contributed by atoms with Gasteiger partial charge < -0.3 is 20.4 Å². The van der Waals surface area contributed by atoms with Crippen LogP contribution in [0.15, 0.2) is 42.5 Å². The summed E-state index contributed by atoms with van der Waals surface area (Å²) in [6.45, 7) is 3.40. The van der Waals surface area contributed by atoms with E-state index >= 15 is 0 Å². The fourth-order valence-electron chi connectivity index (χ4n) is 4.78. The van der Waals surface area contributed by atoms with Crippen molar-refractivity contribution in [2.24, 2.45) is 5.73 Å². The molecule has 0 spiro atoms. The van der Waals surface area contributed by atoms with Gasteiger partial charge in [0, 0.05) is 61.8 Å². The van der Waals surface area contributed by atoms with Gasteiger partial charge in [-0.05, 0) is 55.4 Å². The monoisotopic (exact) mass is 452 g/mol. The molecule has 0 amide bonds. The van der Waals surface area contributed by atoms with E-state index in [1.54, 1.807) is 0 Å². The van der Waals surface area contributed by atoms with E-state index in [1.807, 2.05) is 36.4 Å². The first-order valence-electron chi connectivity index (χ1n) is 10.5. The van der Waals surface area contributed by atoms with Crippen LogP contribution < -0.4 is 10.5 Å². The van der Waals surface area contributed by atoms with Crippen molar-refractivity contribution < 1.29 is 4.74 Å². The SMILES string of the molecule is N[C@H]1CCN(CCOc2c3[nH]c4ccc(Cl)cc4c3cc3c2[nH]c2ccc(Cl)cc23)C1. The maximum atomic E-state index is 6.44. The molecule has 1 atom stereocenters. The highest BCUT2D eigenvalue weighted by Crippen LogP contribution is 2.41. The van der Waals surface area contributed by atoms with Crippen LogP contribution in [0.5, 0.6) is 5.75 Å².